The fourth-order valence-corrected chi connectivity index (χ4v) is 5.22. The van der Waals surface area contributed by atoms with E-state index in [4.69, 9.17) is 0 Å². The lowest BCUT2D eigenvalue weighted by atomic mass is 9.70. The summed E-state index contributed by atoms with van der Waals surface area (Å²) in [4.78, 5) is 5.51. The molecule has 0 aliphatic carbocycles. The van der Waals surface area contributed by atoms with Crippen LogP contribution in [-0.4, -0.2) is 59.3 Å². The van der Waals surface area contributed by atoms with E-state index in [0.29, 0.717) is 6.04 Å². The SMILES string of the molecule is OC1CCN2CC3CC(CN4CCCCC34)C2C1. The molecule has 4 rings (SSSR count). The molecule has 0 saturated carbocycles. The zero-order valence-corrected chi connectivity index (χ0v) is 11.3. The van der Waals surface area contributed by atoms with Gasteiger partial charge in [0.05, 0.1) is 6.10 Å². The molecule has 0 radical (unpaired) electrons. The van der Waals surface area contributed by atoms with Gasteiger partial charge in [-0.05, 0) is 50.5 Å². The summed E-state index contributed by atoms with van der Waals surface area (Å²) >= 11 is 0. The molecule has 4 heterocycles. The van der Waals surface area contributed by atoms with Gasteiger partial charge in [0.25, 0.3) is 0 Å². The van der Waals surface area contributed by atoms with E-state index in [0.717, 1.165) is 37.3 Å². The Hall–Kier alpha value is -0.120. The van der Waals surface area contributed by atoms with Gasteiger partial charge < -0.3 is 5.11 Å². The Morgan fingerprint density at radius 2 is 1.56 bits per heavy atom. The van der Waals surface area contributed by atoms with Crippen LogP contribution in [0.5, 0.6) is 0 Å². The van der Waals surface area contributed by atoms with Gasteiger partial charge in [0.2, 0.25) is 0 Å². The van der Waals surface area contributed by atoms with E-state index >= 15 is 0 Å². The average molecular weight is 250 g/mol. The lowest BCUT2D eigenvalue weighted by molar-refractivity contribution is -0.0900. The summed E-state index contributed by atoms with van der Waals surface area (Å²) in [6, 6.07) is 1.58. The zero-order valence-electron chi connectivity index (χ0n) is 11.3. The van der Waals surface area contributed by atoms with Crippen LogP contribution in [0.2, 0.25) is 0 Å². The molecular weight excluding hydrogens is 224 g/mol. The van der Waals surface area contributed by atoms with E-state index in [1.54, 1.807) is 0 Å². The van der Waals surface area contributed by atoms with Gasteiger partial charge in [-0.3, -0.25) is 9.80 Å². The summed E-state index contributed by atoms with van der Waals surface area (Å²) in [5.41, 5.74) is 0. The second kappa shape index (κ2) is 4.46. The Kier molecular flexibility index (Phi) is 2.90. The molecule has 4 aliphatic heterocycles. The molecule has 102 valence electrons. The van der Waals surface area contributed by atoms with Gasteiger partial charge in [0.1, 0.15) is 0 Å². The molecule has 4 fully saturated rings. The lowest BCUT2D eigenvalue weighted by Gasteiger charge is -2.57. The molecule has 3 heteroatoms. The zero-order chi connectivity index (χ0) is 12.1. The van der Waals surface area contributed by atoms with Crippen molar-refractivity contribution in [3.05, 3.63) is 0 Å². The second-order valence-electron chi connectivity index (χ2n) is 7.05. The van der Waals surface area contributed by atoms with E-state index in [9.17, 15) is 5.11 Å². The quantitative estimate of drug-likeness (QED) is 0.702. The second-order valence-corrected chi connectivity index (χ2v) is 7.05. The van der Waals surface area contributed by atoms with Crippen LogP contribution in [0.15, 0.2) is 0 Å². The number of hydrogen-bond acceptors (Lipinski definition) is 3. The first kappa shape index (κ1) is 11.7. The fraction of sp³-hybridized carbons (Fsp3) is 1.00. The maximum absolute atomic E-state index is 9.94. The van der Waals surface area contributed by atoms with Crippen LogP contribution in [0.25, 0.3) is 0 Å². The van der Waals surface area contributed by atoms with Crippen molar-refractivity contribution in [1.29, 1.82) is 0 Å². The van der Waals surface area contributed by atoms with Crippen molar-refractivity contribution in [2.75, 3.05) is 26.2 Å². The number of fused-ring (bicyclic) bond motifs is 6. The summed E-state index contributed by atoms with van der Waals surface area (Å²) < 4.78 is 0. The number of aliphatic hydroxyl groups is 1. The van der Waals surface area contributed by atoms with E-state index < -0.39 is 0 Å². The number of nitrogens with zero attached hydrogens (tertiary/aromatic N) is 2. The Morgan fingerprint density at radius 1 is 0.778 bits per heavy atom. The monoisotopic (exact) mass is 250 g/mol. The molecule has 2 bridgehead atoms. The number of rotatable bonds is 0. The van der Waals surface area contributed by atoms with Gasteiger partial charge >= 0.3 is 0 Å². The molecule has 0 amide bonds. The largest absolute Gasteiger partial charge is 0.393 e. The van der Waals surface area contributed by atoms with Crippen molar-refractivity contribution in [2.45, 2.75) is 56.7 Å². The van der Waals surface area contributed by atoms with Crippen molar-refractivity contribution in [3.63, 3.8) is 0 Å². The molecule has 1 N–H and O–H groups in total. The third-order valence-corrected chi connectivity index (χ3v) is 6.03. The highest BCUT2D eigenvalue weighted by Gasteiger charge is 2.47. The molecule has 5 atom stereocenters. The van der Waals surface area contributed by atoms with Crippen molar-refractivity contribution in [1.82, 2.24) is 9.80 Å². The predicted octanol–water partition coefficient (Wildman–Crippen LogP) is 1.32. The lowest BCUT2D eigenvalue weighted by Crippen LogP contribution is -2.64. The van der Waals surface area contributed by atoms with Gasteiger partial charge in [0, 0.05) is 31.7 Å². The van der Waals surface area contributed by atoms with Gasteiger partial charge in [-0.25, -0.2) is 0 Å². The summed E-state index contributed by atoms with van der Waals surface area (Å²) in [7, 11) is 0. The molecule has 18 heavy (non-hydrogen) atoms. The molecule has 0 aromatic carbocycles. The Bertz CT molecular complexity index is 322. The van der Waals surface area contributed by atoms with E-state index in [-0.39, 0.29) is 6.10 Å². The van der Waals surface area contributed by atoms with Crippen LogP contribution >= 0.6 is 0 Å². The summed E-state index contributed by atoms with van der Waals surface area (Å²) in [6.07, 6.45) is 7.76. The molecule has 3 nitrogen and oxygen atoms in total. The molecular formula is C15H26N2O. The van der Waals surface area contributed by atoms with Crippen LogP contribution in [0, 0.1) is 11.8 Å². The normalized spacial score (nSPS) is 49.5. The van der Waals surface area contributed by atoms with Crippen molar-refractivity contribution >= 4 is 0 Å². The molecule has 0 aromatic heterocycles. The van der Waals surface area contributed by atoms with Crippen molar-refractivity contribution in [3.8, 4) is 0 Å². The average Bonchev–Trinajstić information content (AvgIpc) is 2.40. The molecule has 4 aliphatic rings. The molecule has 0 aromatic rings. The Labute approximate surface area is 110 Å². The molecule has 4 saturated heterocycles. The topological polar surface area (TPSA) is 26.7 Å². The Balaban J connectivity index is 1.55. The highest BCUT2D eigenvalue weighted by atomic mass is 16.3. The van der Waals surface area contributed by atoms with Crippen LogP contribution in [-0.2, 0) is 0 Å². The highest BCUT2D eigenvalue weighted by molar-refractivity contribution is 5.01. The maximum Gasteiger partial charge on any atom is 0.0567 e. The van der Waals surface area contributed by atoms with E-state index in [1.165, 1.54) is 45.3 Å². The van der Waals surface area contributed by atoms with Crippen LogP contribution in [0.4, 0.5) is 0 Å². The first-order chi connectivity index (χ1) is 8.81. The van der Waals surface area contributed by atoms with Gasteiger partial charge in [0.15, 0.2) is 0 Å². The van der Waals surface area contributed by atoms with Crippen LogP contribution in [0.1, 0.15) is 38.5 Å². The van der Waals surface area contributed by atoms with Crippen LogP contribution < -0.4 is 0 Å². The van der Waals surface area contributed by atoms with Crippen molar-refractivity contribution in [2.24, 2.45) is 11.8 Å². The summed E-state index contributed by atoms with van der Waals surface area (Å²) in [5, 5.41) is 9.94. The minimum absolute atomic E-state index is 0.0260. The van der Waals surface area contributed by atoms with E-state index in [1.807, 2.05) is 0 Å². The first-order valence-electron chi connectivity index (χ1n) is 7.97. The van der Waals surface area contributed by atoms with Gasteiger partial charge in [-0.2, -0.15) is 0 Å². The Morgan fingerprint density at radius 3 is 2.44 bits per heavy atom. The van der Waals surface area contributed by atoms with E-state index in [2.05, 4.69) is 9.80 Å². The van der Waals surface area contributed by atoms with Gasteiger partial charge in [-0.1, -0.05) is 6.42 Å². The summed E-state index contributed by atoms with van der Waals surface area (Å²) in [5.74, 6) is 1.77. The third kappa shape index (κ3) is 1.83. The van der Waals surface area contributed by atoms with Crippen molar-refractivity contribution < 1.29 is 5.11 Å². The molecule has 5 unspecified atom stereocenters. The number of aliphatic hydroxyl groups excluding tert-OH is 1. The maximum atomic E-state index is 9.94. The smallest absolute Gasteiger partial charge is 0.0567 e. The highest BCUT2D eigenvalue weighted by Crippen LogP contribution is 2.42. The minimum Gasteiger partial charge on any atom is -0.393 e. The fourth-order valence-electron chi connectivity index (χ4n) is 5.22. The predicted molar refractivity (Wildman–Crippen MR) is 71.4 cm³/mol. The first-order valence-corrected chi connectivity index (χ1v) is 7.97. The van der Waals surface area contributed by atoms with Crippen LogP contribution in [0.3, 0.4) is 0 Å². The summed E-state index contributed by atoms with van der Waals surface area (Å²) in [6.45, 7) is 5.11. The van der Waals surface area contributed by atoms with Gasteiger partial charge in [-0.15, -0.1) is 0 Å². The standard InChI is InChI=1S/C15H26N2O/c18-13-4-6-17-9-11-7-12(15(17)8-13)10-16-5-2-1-3-14(11)16/h11-15,18H,1-10H2. The minimum atomic E-state index is -0.0260. The number of hydrogen-bond donors (Lipinski definition) is 1. The number of piperidine rings is 4. The molecule has 0 spiro atoms. The third-order valence-electron chi connectivity index (χ3n) is 6.03.